The zero-order valence-corrected chi connectivity index (χ0v) is 25.7. The van der Waals surface area contributed by atoms with Gasteiger partial charge in [-0.1, -0.05) is 97.1 Å². The van der Waals surface area contributed by atoms with E-state index in [9.17, 15) is 18.4 Å². The van der Waals surface area contributed by atoms with E-state index in [2.05, 4.69) is 6.07 Å². The van der Waals surface area contributed by atoms with Crippen molar-refractivity contribution < 1.29 is 13.2 Å². The van der Waals surface area contributed by atoms with Gasteiger partial charge < -0.3 is 4.57 Å². The lowest BCUT2D eigenvalue weighted by Crippen LogP contribution is -2.04. The molecule has 0 aliphatic carbocycles. The number of para-hydroxylation sites is 1. The van der Waals surface area contributed by atoms with Crippen LogP contribution >= 0.6 is 0 Å². The van der Waals surface area contributed by atoms with Gasteiger partial charge in [0.25, 0.3) is 0 Å². The number of nitriles is 1. The van der Waals surface area contributed by atoms with E-state index in [0.717, 1.165) is 22.7 Å². The van der Waals surface area contributed by atoms with Crippen LogP contribution in [0.5, 0.6) is 0 Å². The predicted octanol–water partition coefficient (Wildman–Crippen LogP) is 10.5. The minimum Gasteiger partial charge on any atom is -0.309 e. The first kappa shape index (κ1) is 29.8. The number of aromatic nitrogens is 4. The van der Waals surface area contributed by atoms with E-state index in [-0.39, 0.29) is 0 Å². The fourth-order valence-electron chi connectivity index (χ4n) is 6.26. The van der Waals surface area contributed by atoms with E-state index >= 15 is 0 Å². The van der Waals surface area contributed by atoms with E-state index in [1.54, 1.807) is 12.1 Å². The van der Waals surface area contributed by atoms with Gasteiger partial charge in [0.1, 0.15) is 0 Å². The molecule has 234 valence electrons. The Balaban J connectivity index is 1.41. The van der Waals surface area contributed by atoms with E-state index in [1.165, 1.54) is 12.1 Å². The summed E-state index contributed by atoms with van der Waals surface area (Å²) in [4.78, 5) is 14.7. The lowest BCUT2D eigenvalue weighted by molar-refractivity contribution is -0.137. The maximum atomic E-state index is 13.8. The van der Waals surface area contributed by atoms with E-state index in [0.29, 0.717) is 61.7 Å². The molecular weight excluding hydrogens is 619 g/mol. The standard InChI is InChI=1S/C41H24F3N5/c42-41(43,44)29-19-22-37-35(23-29)32-17-9-10-18-36(32)49(37)30-20-21-33(34(24-30)31-16-8-7-15-28(31)25-45)40-47-38(26-11-3-1-4-12-26)46-39(48-40)27-13-5-2-6-14-27/h1-24H. The summed E-state index contributed by atoms with van der Waals surface area (Å²) < 4.78 is 43.3. The molecule has 0 spiro atoms. The van der Waals surface area contributed by atoms with Crippen LogP contribution in [0.15, 0.2) is 146 Å². The Morgan fingerprint density at radius 2 is 1.10 bits per heavy atom. The smallest absolute Gasteiger partial charge is 0.309 e. The first-order chi connectivity index (χ1) is 23.9. The highest BCUT2D eigenvalue weighted by Gasteiger charge is 2.31. The topological polar surface area (TPSA) is 67.4 Å². The second-order valence-corrected chi connectivity index (χ2v) is 11.5. The molecule has 6 aromatic carbocycles. The van der Waals surface area contributed by atoms with Crippen LogP contribution in [0.3, 0.4) is 0 Å². The third kappa shape index (κ3) is 5.37. The number of hydrogen-bond acceptors (Lipinski definition) is 4. The molecule has 2 heterocycles. The molecule has 0 unspecified atom stereocenters. The second-order valence-electron chi connectivity index (χ2n) is 11.5. The highest BCUT2D eigenvalue weighted by atomic mass is 19.4. The Kier molecular flexibility index (Phi) is 7.23. The van der Waals surface area contributed by atoms with E-state index in [1.807, 2.05) is 120 Å². The normalized spacial score (nSPS) is 11.6. The van der Waals surface area contributed by atoms with Crippen LogP contribution in [0.4, 0.5) is 13.2 Å². The Labute approximate surface area is 279 Å². The molecule has 0 atom stereocenters. The quantitative estimate of drug-likeness (QED) is 0.187. The predicted molar refractivity (Wildman–Crippen MR) is 186 cm³/mol. The summed E-state index contributed by atoms with van der Waals surface area (Å²) in [7, 11) is 0. The molecule has 0 aliphatic heterocycles. The van der Waals surface area contributed by atoms with Crippen LogP contribution in [-0.2, 0) is 6.18 Å². The van der Waals surface area contributed by atoms with Crippen molar-refractivity contribution in [2.45, 2.75) is 6.18 Å². The van der Waals surface area contributed by atoms with E-state index in [4.69, 9.17) is 15.0 Å². The van der Waals surface area contributed by atoms with Crippen LogP contribution in [0.1, 0.15) is 11.1 Å². The molecule has 8 rings (SSSR count). The summed E-state index contributed by atoms with van der Waals surface area (Å²) in [5.74, 6) is 1.41. The van der Waals surface area contributed by atoms with Gasteiger partial charge in [0, 0.05) is 38.7 Å². The number of fused-ring (bicyclic) bond motifs is 3. The molecule has 0 saturated carbocycles. The Morgan fingerprint density at radius 3 is 1.78 bits per heavy atom. The van der Waals surface area contributed by atoms with Gasteiger partial charge in [-0.25, -0.2) is 15.0 Å². The van der Waals surface area contributed by atoms with Gasteiger partial charge in [-0.05, 0) is 54.1 Å². The maximum Gasteiger partial charge on any atom is 0.416 e. The fraction of sp³-hybridized carbons (Fsp3) is 0.0244. The monoisotopic (exact) mass is 643 g/mol. The average molecular weight is 644 g/mol. The molecule has 2 aromatic heterocycles. The van der Waals surface area contributed by atoms with Crippen molar-refractivity contribution in [1.82, 2.24) is 19.5 Å². The summed E-state index contributed by atoms with van der Waals surface area (Å²) in [6.45, 7) is 0. The largest absolute Gasteiger partial charge is 0.416 e. The number of benzene rings is 6. The summed E-state index contributed by atoms with van der Waals surface area (Å²) >= 11 is 0. The number of rotatable bonds is 5. The summed E-state index contributed by atoms with van der Waals surface area (Å²) in [5, 5.41) is 11.4. The Morgan fingerprint density at radius 1 is 0.510 bits per heavy atom. The van der Waals surface area contributed by atoms with Crippen molar-refractivity contribution in [3.8, 4) is 57.0 Å². The van der Waals surface area contributed by atoms with Crippen molar-refractivity contribution in [3.63, 3.8) is 0 Å². The number of halogens is 3. The number of hydrogen-bond donors (Lipinski definition) is 0. The molecule has 49 heavy (non-hydrogen) atoms. The van der Waals surface area contributed by atoms with E-state index < -0.39 is 11.7 Å². The molecule has 0 amide bonds. The van der Waals surface area contributed by atoms with Gasteiger partial charge in [0.15, 0.2) is 17.5 Å². The van der Waals surface area contributed by atoms with Gasteiger partial charge in [0.2, 0.25) is 0 Å². The molecule has 0 saturated heterocycles. The molecule has 8 heteroatoms. The zero-order chi connectivity index (χ0) is 33.5. The molecule has 8 aromatic rings. The molecule has 0 aliphatic rings. The van der Waals surface area contributed by atoms with Gasteiger partial charge in [0.05, 0.1) is 28.2 Å². The third-order valence-corrected chi connectivity index (χ3v) is 8.54. The molecule has 0 radical (unpaired) electrons. The lowest BCUT2D eigenvalue weighted by atomic mass is 9.94. The van der Waals surface area contributed by atoms with Gasteiger partial charge in [-0.2, -0.15) is 18.4 Å². The van der Waals surface area contributed by atoms with Crippen LogP contribution in [0.25, 0.3) is 72.8 Å². The van der Waals surface area contributed by atoms with Gasteiger partial charge in [-0.15, -0.1) is 0 Å². The molecule has 5 nitrogen and oxygen atoms in total. The lowest BCUT2D eigenvalue weighted by Gasteiger charge is -2.16. The van der Waals surface area contributed by atoms with Crippen molar-refractivity contribution in [1.29, 1.82) is 5.26 Å². The maximum absolute atomic E-state index is 13.8. The molecular formula is C41H24F3N5. The molecule has 0 fully saturated rings. The highest BCUT2D eigenvalue weighted by Crippen LogP contribution is 2.40. The van der Waals surface area contributed by atoms with Crippen LogP contribution in [-0.4, -0.2) is 19.5 Å². The van der Waals surface area contributed by atoms with Crippen LogP contribution in [0, 0.1) is 11.3 Å². The zero-order valence-electron chi connectivity index (χ0n) is 25.7. The number of alkyl halides is 3. The van der Waals surface area contributed by atoms with Crippen LogP contribution < -0.4 is 0 Å². The van der Waals surface area contributed by atoms with Crippen molar-refractivity contribution in [3.05, 3.63) is 157 Å². The van der Waals surface area contributed by atoms with Gasteiger partial charge >= 0.3 is 6.18 Å². The van der Waals surface area contributed by atoms with Gasteiger partial charge in [-0.3, -0.25) is 0 Å². The van der Waals surface area contributed by atoms with Crippen molar-refractivity contribution in [2.75, 3.05) is 0 Å². The second kappa shape index (κ2) is 11.9. The van der Waals surface area contributed by atoms with Crippen LogP contribution in [0.2, 0.25) is 0 Å². The first-order valence-electron chi connectivity index (χ1n) is 15.5. The minimum absolute atomic E-state index is 0.416. The Hall–Kier alpha value is -6.59. The SMILES string of the molecule is N#Cc1ccccc1-c1cc(-n2c3ccccc3c3cc(C(F)(F)F)ccc32)ccc1-c1nc(-c2ccccc2)nc(-c2ccccc2)n1. The van der Waals surface area contributed by atoms with Crippen molar-refractivity contribution >= 4 is 21.8 Å². The summed E-state index contributed by atoms with van der Waals surface area (Å²) in [6, 6.07) is 45.9. The fourth-order valence-corrected chi connectivity index (χ4v) is 6.26. The highest BCUT2D eigenvalue weighted by molar-refractivity contribution is 6.09. The molecule has 0 bridgehead atoms. The van der Waals surface area contributed by atoms with Crippen molar-refractivity contribution in [2.24, 2.45) is 0 Å². The Bertz CT molecular complexity index is 2490. The average Bonchev–Trinajstić information content (AvgIpc) is 3.48. The first-order valence-corrected chi connectivity index (χ1v) is 15.5. The molecule has 0 N–H and O–H groups in total. The summed E-state index contributed by atoms with van der Waals surface area (Å²) in [5.41, 5.74) is 5.51. The number of nitrogens with zero attached hydrogens (tertiary/aromatic N) is 5. The minimum atomic E-state index is -4.48. The summed E-state index contributed by atoms with van der Waals surface area (Å²) in [6.07, 6.45) is -4.48. The third-order valence-electron chi connectivity index (χ3n) is 8.54.